The molecule has 1 fully saturated rings. The molecule has 4 rings (SSSR count). The number of rotatable bonds is 4. The highest BCUT2D eigenvalue weighted by molar-refractivity contribution is 5.85. The van der Waals surface area contributed by atoms with E-state index >= 15 is 0 Å². The van der Waals surface area contributed by atoms with Crippen molar-refractivity contribution in [1.82, 2.24) is 10.2 Å². The maximum atomic E-state index is 12.9. The molecule has 2 nitrogen and oxygen atoms in total. The minimum Gasteiger partial charge on any atom is -0.314 e. The topological polar surface area (TPSA) is 15.3 Å². The molecule has 0 aromatic heterocycles. The van der Waals surface area contributed by atoms with Crippen molar-refractivity contribution in [2.24, 2.45) is 0 Å². The monoisotopic (exact) mass is 396 g/mol. The molecule has 0 saturated carbocycles. The zero-order chi connectivity index (χ0) is 18.1. The first-order valence-electron chi connectivity index (χ1n) is 9.24. The number of alkyl halides is 3. The van der Waals surface area contributed by atoms with Crippen molar-refractivity contribution in [3.63, 3.8) is 0 Å². The average Bonchev–Trinajstić information content (AvgIpc) is 3.00. The van der Waals surface area contributed by atoms with Crippen LogP contribution in [0.5, 0.6) is 0 Å². The van der Waals surface area contributed by atoms with Crippen LogP contribution in [0.4, 0.5) is 13.2 Å². The lowest BCUT2D eigenvalue weighted by atomic mass is 9.95. The van der Waals surface area contributed by atoms with Gasteiger partial charge in [0.2, 0.25) is 0 Å². The van der Waals surface area contributed by atoms with E-state index in [2.05, 4.69) is 34.5 Å². The first-order valence-corrected chi connectivity index (χ1v) is 9.24. The summed E-state index contributed by atoms with van der Waals surface area (Å²) in [5.41, 5.74) is 6.02. The van der Waals surface area contributed by atoms with E-state index in [1.807, 2.05) is 18.2 Å². The summed E-state index contributed by atoms with van der Waals surface area (Å²) in [5, 5.41) is 3.28. The predicted octanol–water partition coefficient (Wildman–Crippen LogP) is 4.97. The third-order valence-corrected chi connectivity index (χ3v) is 5.50. The van der Waals surface area contributed by atoms with Crippen LogP contribution in [0.2, 0.25) is 0 Å². The Morgan fingerprint density at radius 2 is 1.67 bits per heavy atom. The molecule has 0 bridgehead atoms. The van der Waals surface area contributed by atoms with Crippen molar-refractivity contribution in [1.29, 1.82) is 0 Å². The Balaban J connectivity index is 0.00000210. The fourth-order valence-corrected chi connectivity index (χ4v) is 4.23. The Labute approximate surface area is 164 Å². The first-order chi connectivity index (χ1) is 12.5. The molecule has 1 saturated heterocycles. The summed E-state index contributed by atoms with van der Waals surface area (Å²) >= 11 is 0. The number of piperazine rings is 1. The van der Waals surface area contributed by atoms with Gasteiger partial charge in [-0.1, -0.05) is 42.5 Å². The molecule has 6 heteroatoms. The minimum atomic E-state index is -4.11. The Bertz CT molecular complexity index is 785. The zero-order valence-corrected chi connectivity index (χ0v) is 15.9. The summed E-state index contributed by atoms with van der Waals surface area (Å²) in [4.78, 5) is 2.20. The van der Waals surface area contributed by atoms with E-state index in [0.29, 0.717) is 0 Å². The van der Waals surface area contributed by atoms with Gasteiger partial charge in [0.25, 0.3) is 0 Å². The SMILES string of the molecule is Cl.FC(F)(F)CC[C@H](c1ccc2c(c1)Cc1ccccc1-2)N1CCNCC1. The van der Waals surface area contributed by atoms with Crippen molar-refractivity contribution in [2.45, 2.75) is 31.5 Å². The summed E-state index contributed by atoms with van der Waals surface area (Å²) in [7, 11) is 0. The van der Waals surface area contributed by atoms with Gasteiger partial charge in [0.05, 0.1) is 0 Å². The largest absolute Gasteiger partial charge is 0.389 e. The van der Waals surface area contributed by atoms with Crippen molar-refractivity contribution in [2.75, 3.05) is 26.2 Å². The van der Waals surface area contributed by atoms with E-state index in [1.54, 1.807) is 0 Å². The molecule has 1 aliphatic carbocycles. The van der Waals surface area contributed by atoms with Gasteiger partial charge in [0.15, 0.2) is 0 Å². The molecule has 27 heavy (non-hydrogen) atoms. The van der Waals surface area contributed by atoms with E-state index in [1.165, 1.54) is 22.3 Å². The molecule has 0 amide bonds. The van der Waals surface area contributed by atoms with Crippen molar-refractivity contribution < 1.29 is 13.2 Å². The first kappa shape index (κ1) is 20.2. The third kappa shape index (κ3) is 4.48. The van der Waals surface area contributed by atoms with Crippen LogP contribution in [0, 0.1) is 0 Å². The van der Waals surface area contributed by atoms with Gasteiger partial charge in [-0.05, 0) is 40.7 Å². The van der Waals surface area contributed by atoms with Crippen LogP contribution in [0.1, 0.15) is 35.6 Å². The Morgan fingerprint density at radius 1 is 0.963 bits per heavy atom. The maximum Gasteiger partial charge on any atom is 0.389 e. The standard InChI is InChI=1S/C21H23F3N2.ClH/c22-21(23,24)8-7-20(26-11-9-25-10-12-26)16-5-6-19-17(14-16)13-15-3-1-2-4-18(15)19;/h1-6,14,20,25H,7-13H2;1H/t20-;/m1./s1. The van der Waals surface area contributed by atoms with Crippen LogP contribution >= 0.6 is 12.4 Å². The zero-order valence-electron chi connectivity index (χ0n) is 15.1. The van der Waals surface area contributed by atoms with Gasteiger partial charge >= 0.3 is 6.18 Å². The summed E-state index contributed by atoms with van der Waals surface area (Å²) < 4.78 is 38.6. The van der Waals surface area contributed by atoms with Gasteiger partial charge in [-0.25, -0.2) is 0 Å². The normalized spacial score (nSPS) is 17.7. The van der Waals surface area contributed by atoms with Gasteiger partial charge in [-0.3, -0.25) is 4.90 Å². The molecule has 1 N–H and O–H groups in total. The summed E-state index contributed by atoms with van der Waals surface area (Å²) in [5.74, 6) is 0. The van der Waals surface area contributed by atoms with E-state index in [0.717, 1.165) is 38.2 Å². The number of hydrogen-bond acceptors (Lipinski definition) is 2. The predicted molar refractivity (Wildman–Crippen MR) is 104 cm³/mol. The molecule has 0 radical (unpaired) electrons. The average molecular weight is 397 g/mol. The van der Waals surface area contributed by atoms with E-state index in [4.69, 9.17) is 0 Å². The molecule has 1 aliphatic heterocycles. The second kappa shape index (κ2) is 8.21. The number of nitrogens with one attached hydrogen (secondary N) is 1. The third-order valence-electron chi connectivity index (χ3n) is 5.50. The smallest absolute Gasteiger partial charge is 0.314 e. The molecule has 2 aromatic rings. The van der Waals surface area contributed by atoms with Crippen LogP contribution in [-0.4, -0.2) is 37.3 Å². The van der Waals surface area contributed by atoms with Crippen LogP contribution < -0.4 is 5.32 Å². The number of halogens is 4. The van der Waals surface area contributed by atoms with Crippen LogP contribution in [0.25, 0.3) is 11.1 Å². The lowest BCUT2D eigenvalue weighted by Crippen LogP contribution is -2.45. The van der Waals surface area contributed by atoms with Crippen LogP contribution in [0.3, 0.4) is 0 Å². The number of nitrogens with zero attached hydrogens (tertiary/aromatic N) is 1. The van der Waals surface area contributed by atoms with E-state index < -0.39 is 12.6 Å². The second-order valence-corrected chi connectivity index (χ2v) is 7.21. The van der Waals surface area contributed by atoms with Crippen molar-refractivity contribution in [3.05, 3.63) is 59.2 Å². The van der Waals surface area contributed by atoms with Crippen LogP contribution in [0.15, 0.2) is 42.5 Å². The molecule has 1 heterocycles. The van der Waals surface area contributed by atoms with Gasteiger partial charge in [0, 0.05) is 38.6 Å². The van der Waals surface area contributed by atoms with Gasteiger partial charge in [-0.2, -0.15) is 13.2 Å². The molecule has 2 aromatic carbocycles. The van der Waals surface area contributed by atoms with Gasteiger partial charge in [-0.15, -0.1) is 12.4 Å². The summed E-state index contributed by atoms with van der Waals surface area (Å²) in [6.45, 7) is 3.25. The summed E-state index contributed by atoms with van der Waals surface area (Å²) in [6, 6.07) is 14.4. The molecule has 0 unspecified atom stereocenters. The fourth-order valence-electron chi connectivity index (χ4n) is 4.23. The summed E-state index contributed by atoms with van der Waals surface area (Å²) in [6.07, 6.45) is -3.86. The number of benzene rings is 2. The highest BCUT2D eigenvalue weighted by Gasteiger charge is 2.32. The lowest BCUT2D eigenvalue weighted by molar-refractivity contribution is -0.138. The van der Waals surface area contributed by atoms with Crippen molar-refractivity contribution in [3.8, 4) is 11.1 Å². The molecular weight excluding hydrogens is 373 g/mol. The Hall–Kier alpha value is -1.56. The molecular formula is C21H24ClF3N2. The van der Waals surface area contributed by atoms with E-state index in [9.17, 15) is 13.2 Å². The lowest BCUT2D eigenvalue weighted by Gasteiger charge is -2.35. The maximum absolute atomic E-state index is 12.9. The molecule has 2 aliphatic rings. The van der Waals surface area contributed by atoms with Gasteiger partial charge < -0.3 is 5.32 Å². The molecule has 1 atom stereocenters. The Morgan fingerprint density at radius 3 is 2.41 bits per heavy atom. The fraction of sp³-hybridized carbons (Fsp3) is 0.429. The minimum absolute atomic E-state index is 0. The van der Waals surface area contributed by atoms with Gasteiger partial charge in [0.1, 0.15) is 0 Å². The van der Waals surface area contributed by atoms with E-state index in [-0.39, 0.29) is 24.9 Å². The van der Waals surface area contributed by atoms with Crippen molar-refractivity contribution >= 4 is 12.4 Å². The quantitative estimate of drug-likeness (QED) is 0.670. The van der Waals surface area contributed by atoms with Crippen LogP contribution in [-0.2, 0) is 6.42 Å². The number of hydrogen-bond donors (Lipinski definition) is 1. The number of fused-ring (bicyclic) bond motifs is 3. The molecule has 146 valence electrons. The second-order valence-electron chi connectivity index (χ2n) is 7.21. The highest BCUT2D eigenvalue weighted by Crippen LogP contribution is 2.39. The highest BCUT2D eigenvalue weighted by atomic mass is 35.5. The molecule has 0 spiro atoms. The Kier molecular flexibility index (Phi) is 6.14.